The number of thioether (sulfide) groups is 2. The maximum absolute atomic E-state index is 14.8. The molecule has 3 saturated heterocycles. The number of hydrogen-bond acceptors (Lipinski definition) is 20. The number of aromatic nitrogens is 1. The van der Waals surface area contributed by atoms with Crippen LogP contribution in [0.4, 0.5) is 15.3 Å². The predicted octanol–water partition coefficient (Wildman–Crippen LogP) is 6.00. The molecule has 30 nitrogen and oxygen atoms in total. The summed E-state index contributed by atoms with van der Waals surface area (Å²) in [5.41, 5.74) is 17.6. The number of ether oxygens (including phenoxy) is 2. The number of rotatable bonds is 37. The lowest BCUT2D eigenvalue weighted by Crippen LogP contribution is -2.58. The molecule has 0 saturated carbocycles. The lowest BCUT2D eigenvalue weighted by Gasteiger charge is -2.30. The number of para-hydroxylation sites is 1. The van der Waals surface area contributed by atoms with Gasteiger partial charge in [-0.2, -0.15) is 0 Å². The van der Waals surface area contributed by atoms with Crippen molar-refractivity contribution in [1.82, 2.24) is 56.5 Å². The van der Waals surface area contributed by atoms with E-state index in [4.69, 9.17) is 20.7 Å². The Bertz CT molecular complexity index is 3630. The highest BCUT2D eigenvalue weighted by molar-refractivity contribution is 8.77. The summed E-state index contributed by atoms with van der Waals surface area (Å²) in [5, 5.41) is 29.9. The number of esters is 1. The maximum atomic E-state index is 14.8. The van der Waals surface area contributed by atoms with Crippen molar-refractivity contribution in [3.8, 4) is 0 Å². The third-order valence-electron chi connectivity index (χ3n) is 16.9. The number of carboxylic acid groups (broad SMARTS) is 1. The summed E-state index contributed by atoms with van der Waals surface area (Å²) >= 11 is 2.22. The van der Waals surface area contributed by atoms with Crippen molar-refractivity contribution in [2.45, 2.75) is 163 Å². The number of likely N-dealkylation sites (tertiary alicyclic amines) is 2. The summed E-state index contributed by atoms with van der Waals surface area (Å²) in [5.74, 6) is -6.27. The second kappa shape index (κ2) is 40.2. The smallest absolute Gasteiger partial charge is 0.408 e. The van der Waals surface area contributed by atoms with Crippen LogP contribution in [-0.2, 0) is 76.2 Å². The molecule has 7 rings (SSSR count). The molecule has 34 heteroatoms. The van der Waals surface area contributed by atoms with Crippen LogP contribution >= 0.6 is 45.1 Å². The third kappa shape index (κ3) is 25.4. The first-order valence-corrected chi connectivity index (χ1v) is 38.1. The Balaban J connectivity index is 1.07. The summed E-state index contributed by atoms with van der Waals surface area (Å²) in [6.45, 7) is 5.73. The minimum Gasteiger partial charge on any atom is -0.465 e. The molecule has 10 amide bonds. The number of primary amides is 1. The van der Waals surface area contributed by atoms with E-state index in [-0.39, 0.29) is 99.1 Å². The Morgan fingerprint density at radius 2 is 1.38 bits per heavy atom. The Morgan fingerprint density at radius 3 is 2.07 bits per heavy atom. The lowest BCUT2D eigenvalue weighted by atomic mass is 10.0. The number of hydrogen-bond donors (Lipinski definition) is 9. The number of unbranched alkanes of at least 4 members (excludes halogenated alkanes) is 2. The zero-order valence-electron chi connectivity index (χ0n) is 57.8. The van der Waals surface area contributed by atoms with Crippen molar-refractivity contribution in [3.05, 3.63) is 112 Å². The first-order valence-electron chi connectivity index (χ1n) is 33.7. The molecule has 3 aliphatic rings. The first-order chi connectivity index (χ1) is 48.8. The average Bonchev–Trinajstić information content (AvgIpc) is 1.62. The van der Waals surface area contributed by atoms with E-state index in [9.17, 15) is 62.6 Å². The number of nitrogens with zero attached hydrogens (tertiary/aromatic N) is 7. The lowest BCUT2D eigenvalue weighted by molar-refractivity contribution is -0.155. The Kier molecular flexibility index (Phi) is 31.8. The van der Waals surface area contributed by atoms with E-state index >= 15 is 0 Å². The number of alkyl carbamates (subject to hydrolysis) is 1. The topological polar surface area (TPSA) is 419 Å². The fourth-order valence-electron chi connectivity index (χ4n) is 11.6. The number of nitrogens with two attached hydrogens (primary N) is 1. The molecule has 0 spiro atoms. The van der Waals surface area contributed by atoms with Gasteiger partial charge in [0.25, 0.3) is 5.91 Å². The third-order valence-corrected chi connectivity index (χ3v) is 22.2. The molecule has 8 atom stereocenters. The fourth-order valence-corrected chi connectivity index (χ4v) is 16.0. The van der Waals surface area contributed by atoms with Gasteiger partial charge < -0.3 is 71.9 Å². The molecule has 4 heterocycles. The van der Waals surface area contributed by atoms with Crippen LogP contribution in [0.2, 0.25) is 0 Å². The number of carbonyl (C=O) groups excluding carboxylic acids is 11. The maximum Gasteiger partial charge on any atom is 0.408 e. The second-order valence-electron chi connectivity index (χ2n) is 26.1. The number of carbonyl (C=O) groups is 12. The van der Waals surface area contributed by atoms with E-state index in [2.05, 4.69) is 46.9 Å². The highest BCUT2D eigenvalue weighted by atomic mass is 33.1. The van der Waals surface area contributed by atoms with Gasteiger partial charge in [-0.05, 0) is 113 Å². The molecule has 4 aromatic rings. The van der Waals surface area contributed by atoms with Crippen LogP contribution in [0.15, 0.2) is 90.2 Å². The molecule has 102 heavy (non-hydrogen) atoms. The zero-order chi connectivity index (χ0) is 73.9. The highest BCUT2D eigenvalue weighted by Gasteiger charge is 2.41. The van der Waals surface area contributed by atoms with Crippen molar-refractivity contribution in [1.29, 1.82) is 0 Å². The molecule has 0 radical (unpaired) electrons. The van der Waals surface area contributed by atoms with E-state index in [0.717, 1.165) is 33.1 Å². The first kappa shape index (κ1) is 80.6. The van der Waals surface area contributed by atoms with Crippen molar-refractivity contribution in [3.63, 3.8) is 0 Å². The number of fused-ring (bicyclic) bond motifs is 1. The summed E-state index contributed by atoms with van der Waals surface area (Å²) in [4.78, 5) is 178. The molecule has 1 unspecified atom stereocenters. The van der Waals surface area contributed by atoms with Crippen molar-refractivity contribution < 1.29 is 72.1 Å². The molecule has 3 aromatic carbocycles. The van der Waals surface area contributed by atoms with Crippen LogP contribution in [-0.4, -0.2) is 218 Å². The largest absolute Gasteiger partial charge is 0.465 e. The normalized spacial score (nSPS) is 17.3. The van der Waals surface area contributed by atoms with Crippen LogP contribution < -0.4 is 37.6 Å². The van der Waals surface area contributed by atoms with Gasteiger partial charge in [0.15, 0.2) is 11.7 Å². The van der Waals surface area contributed by atoms with Gasteiger partial charge in [0.05, 0.1) is 5.88 Å². The molecule has 10 N–H and O–H groups in total. The molecule has 0 aliphatic carbocycles. The molecule has 3 aliphatic heterocycles. The number of azide groups is 1. The second-order valence-corrected chi connectivity index (χ2v) is 31.3. The molecular formula is C68H91N15O15S4. The Labute approximate surface area is 608 Å². The quantitative estimate of drug-likeness (QED) is 0.00624. The van der Waals surface area contributed by atoms with E-state index in [1.54, 1.807) is 36.5 Å². The van der Waals surface area contributed by atoms with Crippen LogP contribution in [0.25, 0.3) is 21.3 Å². The Hall–Kier alpha value is -8.69. The minimum atomic E-state index is -1.51. The van der Waals surface area contributed by atoms with Gasteiger partial charge >= 0.3 is 18.2 Å². The van der Waals surface area contributed by atoms with Crippen LogP contribution in [0.5, 0.6) is 0 Å². The van der Waals surface area contributed by atoms with Crippen LogP contribution in [0.3, 0.4) is 0 Å². The van der Waals surface area contributed by atoms with Gasteiger partial charge in [-0.1, -0.05) is 132 Å². The van der Waals surface area contributed by atoms with Gasteiger partial charge in [-0.15, -0.1) is 11.8 Å². The summed E-state index contributed by atoms with van der Waals surface area (Å²) in [6, 6.07) is 12.7. The van der Waals surface area contributed by atoms with Crippen LogP contribution in [0, 0.1) is 0 Å². The predicted molar refractivity (Wildman–Crippen MR) is 389 cm³/mol. The van der Waals surface area contributed by atoms with Gasteiger partial charge in [0.2, 0.25) is 41.4 Å². The monoisotopic (exact) mass is 1490 g/mol. The molecule has 552 valence electrons. The van der Waals surface area contributed by atoms with Gasteiger partial charge in [-0.25, -0.2) is 14.4 Å². The van der Waals surface area contributed by atoms with E-state index in [0.29, 0.717) is 49.0 Å². The van der Waals surface area contributed by atoms with E-state index in [1.807, 2.05) is 88.3 Å². The number of H-pyrrole nitrogens is 1. The standard InChI is InChI=1S/C68H91N15O15S4/c1-68(2,3)102-101-39-52(77-66(94)98-36-42-25-27-45(28-26-42)78-79-70)61(89)73-48(22-12-14-30-80(4)5)60(88)76-51(33-44-35-72-47-20-10-9-19-46(44)47)65(93)97-37-56(84)81-31-16-24-54(81)63(91)74-49(21-11-13-29-71-62(90)55-40-99-41-83(55)67(95)96)59(87)75-50(64(92)82-32-15-23-53(82)58(69)86)34-57(85)100-38-43-17-7-6-8-18-43/h6-10,17-20,25-28,35,48-55,72H,11-16,21-24,29-34,36-41H2,1-5H3,(H2,69,86)(H,71,90)(H,73,89)(H,74,91)(H,75,87)(H,76,88)(H,77,94)(H,95,96)/t48-,49-,50-,51-,52-,53-,54-,55?/m0/s1. The number of aromatic amines is 1. The zero-order valence-corrected chi connectivity index (χ0v) is 61.0. The Morgan fingerprint density at radius 1 is 0.735 bits per heavy atom. The average molecular weight is 1490 g/mol. The van der Waals surface area contributed by atoms with E-state index in [1.165, 1.54) is 43.1 Å². The van der Waals surface area contributed by atoms with Gasteiger partial charge in [0, 0.05) is 82.2 Å². The van der Waals surface area contributed by atoms with Crippen molar-refractivity contribution >= 4 is 132 Å². The van der Waals surface area contributed by atoms with Crippen molar-refractivity contribution in [2.75, 3.05) is 64.3 Å². The fraction of sp³-hybridized carbons (Fsp3) is 0.529. The molecule has 0 bridgehead atoms. The molecule has 3 fully saturated rings. The number of nitrogens with one attached hydrogen (secondary N) is 7. The molecule has 1 aromatic heterocycles. The highest BCUT2D eigenvalue weighted by Crippen LogP contribution is 2.35. The number of amides is 10. The van der Waals surface area contributed by atoms with Gasteiger partial charge in [-0.3, -0.25) is 48.1 Å². The van der Waals surface area contributed by atoms with Crippen molar-refractivity contribution in [2.24, 2.45) is 10.8 Å². The summed E-state index contributed by atoms with van der Waals surface area (Å²) in [6.07, 6.45) is 1.46. The molecular weight excluding hydrogens is 1400 g/mol. The summed E-state index contributed by atoms with van der Waals surface area (Å²) in [7, 11) is 6.59. The van der Waals surface area contributed by atoms with E-state index < -0.39 is 132 Å². The summed E-state index contributed by atoms with van der Waals surface area (Å²) < 4.78 is 11.0. The van der Waals surface area contributed by atoms with Gasteiger partial charge in [0.1, 0.15) is 54.9 Å². The van der Waals surface area contributed by atoms with Crippen LogP contribution in [0.1, 0.15) is 108 Å². The minimum absolute atomic E-state index is 0.0274. The number of benzene rings is 3. The SMILES string of the molecule is CN(C)CCCC[C@H](NC(=O)[C@H](CSSC(C)(C)C)NC(=O)OCc1ccc(N=[N+]=[N-])cc1)C(=O)N[C@@H](Cc1c[nH]c2ccccc12)C(=O)OCC(=O)N1CCC[C@H]1C(=O)N[C@@H](CCCCNC(=O)C1CSCN1C(=O)O)C(=O)N[C@@H](CC(=O)SCc1ccccc1)C(=O)N1CCC[C@H]1C(N)=O.